The summed E-state index contributed by atoms with van der Waals surface area (Å²) >= 11 is 0. The van der Waals surface area contributed by atoms with Gasteiger partial charge in [-0.1, -0.05) is 0 Å². The van der Waals surface area contributed by atoms with Crippen molar-refractivity contribution in [2.24, 2.45) is 5.73 Å². The van der Waals surface area contributed by atoms with E-state index in [1.165, 1.54) is 12.5 Å². The van der Waals surface area contributed by atoms with E-state index in [2.05, 4.69) is 9.97 Å². The van der Waals surface area contributed by atoms with E-state index < -0.39 is 11.5 Å². The number of primary amides is 1. The van der Waals surface area contributed by atoms with Crippen molar-refractivity contribution in [1.29, 1.82) is 0 Å². The Bertz CT molecular complexity index is 519. The number of hydrogen-bond donors (Lipinski definition) is 1. The fourth-order valence-electron chi connectivity index (χ4n) is 1.96. The van der Waals surface area contributed by atoms with Crippen molar-refractivity contribution in [1.82, 2.24) is 14.9 Å². The molecule has 1 saturated heterocycles. The maximum absolute atomic E-state index is 12.4. The number of rotatable bonds is 2. The van der Waals surface area contributed by atoms with Crippen molar-refractivity contribution < 1.29 is 14.3 Å². The van der Waals surface area contributed by atoms with Gasteiger partial charge in [-0.15, -0.1) is 0 Å². The molecule has 7 heteroatoms. The summed E-state index contributed by atoms with van der Waals surface area (Å²) in [6.07, 6.45) is 2.86. The summed E-state index contributed by atoms with van der Waals surface area (Å²) in [6, 6.07) is 0. The number of ether oxygens (including phenoxy) is 1. The second kappa shape index (κ2) is 4.93. The maximum Gasteiger partial charge on any atom is 0.257 e. The van der Waals surface area contributed by atoms with E-state index in [-0.39, 0.29) is 19.1 Å². The van der Waals surface area contributed by atoms with Gasteiger partial charge in [-0.25, -0.2) is 9.97 Å². The van der Waals surface area contributed by atoms with Crippen LogP contribution >= 0.6 is 0 Å². The molecule has 0 aliphatic carbocycles. The molecule has 0 radical (unpaired) electrons. The average molecular weight is 264 g/mol. The van der Waals surface area contributed by atoms with Gasteiger partial charge in [0.2, 0.25) is 0 Å². The van der Waals surface area contributed by atoms with E-state index in [9.17, 15) is 9.59 Å². The number of amides is 2. The quantitative estimate of drug-likeness (QED) is 0.776. The third kappa shape index (κ3) is 2.55. The molecule has 2 heterocycles. The number of nitrogens with two attached hydrogens (primary N) is 1. The summed E-state index contributed by atoms with van der Waals surface area (Å²) in [4.78, 5) is 33.1. The lowest BCUT2D eigenvalue weighted by Crippen LogP contribution is -2.58. The molecule has 2 N–H and O–H groups in total. The van der Waals surface area contributed by atoms with E-state index in [1.807, 2.05) is 0 Å². The van der Waals surface area contributed by atoms with Crippen LogP contribution < -0.4 is 5.73 Å². The average Bonchev–Trinajstić information content (AvgIpc) is 2.38. The van der Waals surface area contributed by atoms with Gasteiger partial charge in [-0.2, -0.15) is 0 Å². The molecule has 1 atom stereocenters. The summed E-state index contributed by atoms with van der Waals surface area (Å²) in [7, 11) is 0. The van der Waals surface area contributed by atoms with Crippen LogP contribution in [-0.4, -0.2) is 52.0 Å². The minimum Gasteiger partial charge on any atom is -0.367 e. The molecule has 1 aromatic rings. The second-order valence-corrected chi connectivity index (χ2v) is 4.69. The molecule has 0 spiro atoms. The van der Waals surface area contributed by atoms with Crippen LogP contribution in [0.2, 0.25) is 0 Å². The molecule has 1 aliphatic rings. The second-order valence-electron chi connectivity index (χ2n) is 4.69. The third-order valence-electron chi connectivity index (χ3n) is 3.22. The number of aryl methyl sites for hydroxylation is 1. The minimum absolute atomic E-state index is 0.134. The SMILES string of the molecule is Cc1ncncc1C(=O)N1CCO[C@](C)(C(N)=O)C1. The highest BCUT2D eigenvalue weighted by Gasteiger charge is 2.39. The van der Waals surface area contributed by atoms with Crippen molar-refractivity contribution >= 4 is 11.8 Å². The normalized spacial score (nSPS) is 23.2. The van der Waals surface area contributed by atoms with Crippen molar-refractivity contribution in [3.63, 3.8) is 0 Å². The smallest absolute Gasteiger partial charge is 0.257 e. The first-order valence-electron chi connectivity index (χ1n) is 5.94. The van der Waals surface area contributed by atoms with E-state index in [0.29, 0.717) is 17.8 Å². The molecular formula is C12H16N4O3. The van der Waals surface area contributed by atoms with Gasteiger partial charge in [0.15, 0.2) is 5.60 Å². The Labute approximate surface area is 110 Å². The molecule has 1 aliphatic heterocycles. The molecule has 0 saturated carbocycles. The van der Waals surface area contributed by atoms with Gasteiger partial charge in [-0.3, -0.25) is 9.59 Å². The molecule has 2 amide bonds. The molecule has 1 fully saturated rings. The van der Waals surface area contributed by atoms with E-state index >= 15 is 0 Å². The summed E-state index contributed by atoms with van der Waals surface area (Å²) in [5.41, 5.74) is 5.20. The Morgan fingerprint density at radius 1 is 1.53 bits per heavy atom. The zero-order chi connectivity index (χ0) is 14.0. The number of morpholine rings is 1. The van der Waals surface area contributed by atoms with Crippen LogP contribution in [0, 0.1) is 6.92 Å². The van der Waals surface area contributed by atoms with Crippen LogP contribution in [0.1, 0.15) is 23.0 Å². The fraction of sp³-hybridized carbons (Fsp3) is 0.500. The minimum atomic E-state index is -1.14. The lowest BCUT2D eigenvalue weighted by Gasteiger charge is -2.38. The maximum atomic E-state index is 12.4. The van der Waals surface area contributed by atoms with Gasteiger partial charge in [0.05, 0.1) is 24.4 Å². The molecule has 1 aromatic heterocycles. The van der Waals surface area contributed by atoms with Gasteiger partial charge in [-0.05, 0) is 13.8 Å². The van der Waals surface area contributed by atoms with Crippen molar-refractivity contribution in [2.45, 2.75) is 19.4 Å². The largest absolute Gasteiger partial charge is 0.367 e. The summed E-state index contributed by atoms with van der Waals surface area (Å²) in [6.45, 7) is 4.15. The van der Waals surface area contributed by atoms with Crippen LogP contribution in [0.4, 0.5) is 0 Å². The predicted molar refractivity (Wildman–Crippen MR) is 66.2 cm³/mol. The molecular weight excluding hydrogens is 248 g/mol. The molecule has 0 unspecified atom stereocenters. The summed E-state index contributed by atoms with van der Waals surface area (Å²) in [5.74, 6) is -0.792. The van der Waals surface area contributed by atoms with Gasteiger partial charge in [0.1, 0.15) is 6.33 Å². The van der Waals surface area contributed by atoms with Crippen LogP contribution in [0.3, 0.4) is 0 Å². The Morgan fingerprint density at radius 3 is 2.89 bits per heavy atom. The number of carbonyl (C=O) groups is 2. The van der Waals surface area contributed by atoms with Gasteiger partial charge in [0, 0.05) is 12.7 Å². The van der Waals surface area contributed by atoms with Crippen LogP contribution in [0.5, 0.6) is 0 Å². The monoisotopic (exact) mass is 264 g/mol. The summed E-state index contributed by atoms with van der Waals surface area (Å²) in [5, 5.41) is 0. The number of aromatic nitrogens is 2. The molecule has 7 nitrogen and oxygen atoms in total. The lowest BCUT2D eigenvalue weighted by atomic mass is 10.0. The highest BCUT2D eigenvalue weighted by Crippen LogP contribution is 2.19. The van der Waals surface area contributed by atoms with Crippen molar-refractivity contribution in [3.05, 3.63) is 23.8 Å². The third-order valence-corrected chi connectivity index (χ3v) is 3.22. The topological polar surface area (TPSA) is 98.4 Å². The molecule has 102 valence electrons. The molecule has 0 bridgehead atoms. The number of carbonyl (C=O) groups excluding carboxylic acids is 2. The Hall–Kier alpha value is -2.02. The van der Waals surface area contributed by atoms with Gasteiger partial charge >= 0.3 is 0 Å². The Balaban J connectivity index is 2.21. The Morgan fingerprint density at radius 2 is 2.26 bits per heavy atom. The van der Waals surface area contributed by atoms with Crippen LogP contribution in [0.15, 0.2) is 12.5 Å². The zero-order valence-electron chi connectivity index (χ0n) is 10.9. The van der Waals surface area contributed by atoms with Crippen LogP contribution in [-0.2, 0) is 9.53 Å². The first kappa shape index (κ1) is 13.4. The van der Waals surface area contributed by atoms with Crippen molar-refractivity contribution in [3.8, 4) is 0 Å². The first-order valence-corrected chi connectivity index (χ1v) is 5.94. The summed E-state index contributed by atoms with van der Waals surface area (Å²) < 4.78 is 5.37. The highest BCUT2D eigenvalue weighted by molar-refractivity contribution is 5.95. The van der Waals surface area contributed by atoms with E-state index in [1.54, 1.807) is 18.7 Å². The van der Waals surface area contributed by atoms with Crippen molar-refractivity contribution in [2.75, 3.05) is 19.7 Å². The number of nitrogens with zero attached hydrogens (tertiary/aromatic N) is 3. The first-order chi connectivity index (χ1) is 8.94. The molecule has 2 rings (SSSR count). The van der Waals surface area contributed by atoms with Gasteiger partial charge < -0.3 is 15.4 Å². The van der Waals surface area contributed by atoms with E-state index in [0.717, 1.165) is 0 Å². The predicted octanol–water partition coefficient (Wildman–Crippen LogP) is -0.499. The lowest BCUT2D eigenvalue weighted by molar-refractivity contribution is -0.150. The molecule has 19 heavy (non-hydrogen) atoms. The van der Waals surface area contributed by atoms with E-state index in [4.69, 9.17) is 10.5 Å². The zero-order valence-corrected chi connectivity index (χ0v) is 10.9. The number of hydrogen-bond acceptors (Lipinski definition) is 5. The Kier molecular flexibility index (Phi) is 3.48. The van der Waals surface area contributed by atoms with Gasteiger partial charge in [0.25, 0.3) is 11.8 Å². The van der Waals surface area contributed by atoms with Crippen LogP contribution in [0.25, 0.3) is 0 Å². The highest BCUT2D eigenvalue weighted by atomic mass is 16.5. The molecule has 0 aromatic carbocycles. The standard InChI is InChI=1S/C12H16N4O3/c1-8-9(5-14-7-15-8)10(17)16-3-4-19-12(2,6-16)11(13)18/h5,7H,3-4,6H2,1-2H3,(H2,13,18)/t12-/m0/s1. The fourth-order valence-corrected chi connectivity index (χ4v) is 1.96.